The summed E-state index contributed by atoms with van der Waals surface area (Å²) in [7, 11) is 1.52. The Kier molecular flexibility index (Phi) is 6.54. The van der Waals surface area contributed by atoms with Crippen molar-refractivity contribution in [2.24, 2.45) is 5.92 Å². The highest BCUT2D eigenvalue weighted by Gasteiger charge is 2.52. The van der Waals surface area contributed by atoms with Gasteiger partial charge < -0.3 is 9.47 Å². The van der Waals surface area contributed by atoms with E-state index in [4.69, 9.17) is 9.47 Å². The van der Waals surface area contributed by atoms with Crippen molar-refractivity contribution in [3.8, 4) is 5.75 Å². The number of hydrogen-bond donors (Lipinski definition) is 0. The molecule has 3 aromatic carbocycles. The van der Waals surface area contributed by atoms with Gasteiger partial charge in [0, 0.05) is 11.3 Å². The molecular formula is C27H23NO6. The van der Waals surface area contributed by atoms with Crippen molar-refractivity contribution in [1.82, 2.24) is 0 Å². The first-order valence-corrected chi connectivity index (χ1v) is 10.8. The zero-order valence-corrected chi connectivity index (χ0v) is 18.8. The van der Waals surface area contributed by atoms with Crippen LogP contribution in [0, 0.1) is 5.92 Å². The van der Waals surface area contributed by atoms with Gasteiger partial charge in [0.05, 0.1) is 25.3 Å². The molecular weight excluding hydrogens is 434 g/mol. The first-order chi connectivity index (χ1) is 16.5. The summed E-state index contributed by atoms with van der Waals surface area (Å²) in [5.41, 5.74) is 1.70. The molecule has 1 heterocycles. The van der Waals surface area contributed by atoms with E-state index in [0.29, 0.717) is 28.1 Å². The Hall–Kier alpha value is -4.26. The summed E-state index contributed by atoms with van der Waals surface area (Å²) in [5.74, 6) is -3.11. The molecule has 0 aromatic heterocycles. The Balaban J connectivity index is 1.76. The first-order valence-electron chi connectivity index (χ1n) is 10.8. The molecule has 172 valence electrons. The molecule has 0 aliphatic carbocycles. The molecule has 7 nitrogen and oxygen atoms in total. The van der Waals surface area contributed by atoms with Crippen LogP contribution in [0.15, 0.2) is 78.9 Å². The second kappa shape index (κ2) is 9.70. The van der Waals surface area contributed by atoms with Crippen molar-refractivity contribution in [2.45, 2.75) is 13.0 Å². The Morgan fingerprint density at radius 2 is 1.47 bits per heavy atom. The van der Waals surface area contributed by atoms with Gasteiger partial charge in [0.25, 0.3) is 5.91 Å². The Morgan fingerprint density at radius 1 is 0.853 bits per heavy atom. The number of methoxy groups -OCH3 is 1. The highest BCUT2D eigenvalue weighted by Crippen LogP contribution is 2.41. The van der Waals surface area contributed by atoms with E-state index in [1.807, 2.05) is 6.07 Å². The summed E-state index contributed by atoms with van der Waals surface area (Å²) in [6.07, 6.45) is 0. The molecule has 0 N–H and O–H groups in total. The Bertz CT molecular complexity index is 1220. The topological polar surface area (TPSA) is 90.0 Å². The first kappa shape index (κ1) is 22.9. The zero-order chi connectivity index (χ0) is 24.2. The second-order valence-corrected chi connectivity index (χ2v) is 7.73. The number of rotatable bonds is 7. The van der Waals surface area contributed by atoms with Crippen LogP contribution in [0.2, 0.25) is 0 Å². The van der Waals surface area contributed by atoms with Gasteiger partial charge in [-0.2, -0.15) is 0 Å². The third-order valence-electron chi connectivity index (χ3n) is 5.76. The van der Waals surface area contributed by atoms with Crippen LogP contribution in [0.4, 0.5) is 5.69 Å². The number of carbonyl (C=O) groups excluding carboxylic acids is 4. The molecule has 1 aliphatic heterocycles. The van der Waals surface area contributed by atoms with Crippen molar-refractivity contribution < 1.29 is 28.7 Å². The van der Waals surface area contributed by atoms with E-state index < -0.39 is 35.4 Å². The van der Waals surface area contributed by atoms with Crippen LogP contribution < -0.4 is 9.64 Å². The number of ketones is 2. The second-order valence-electron chi connectivity index (χ2n) is 7.73. The number of Topliss-reactive ketones (excluding diaryl/α,β-unsaturated/α-hetero) is 2. The van der Waals surface area contributed by atoms with Crippen molar-refractivity contribution in [3.63, 3.8) is 0 Å². The molecule has 1 fully saturated rings. The van der Waals surface area contributed by atoms with E-state index in [1.54, 1.807) is 67.6 Å². The molecule has 3 aromatic rings. The number of nitrogens with zero attached hydrogens (tertiary/aromatic N) is 1. The number of carbonyl (C=O) groups is 4. The third kappa shape index (κ3) is 4.20. The van der Waals surface area contributed by atoms with Gasteiger partial charge in [0.2, 0.25) is 5.78 Å². The number of esters is 1. The summed E-state index contributed by atoms with van der Waals surface area (Å²) in [6.45, 7) is 1.95. The quantitative estimate of drug-likeness (QED) is 0.230. The maximum Gasteiger partial charge on any atom is 0.338 e. The standard InChI is InChI=1S/C27H23NO6/c1-3-34-27(32)19-9-13-20(14-10-19)28-23(17-7-5-4-6-8-17)22(25(30)26(28)31)24(29)18-11-15-21(33-2)16-12-18/h4-16,22-23H,3H2,1-2H3. The largest absolute Gasteiger partial charge is 0.497 e. The molecule has 0 radical (unpaired) electrons. The van der Waals surface area contributed by atoms with Gasteiger partial charge in [0.1, 0.15) is 11.7 Å². The minimum atomic E-state index is -1.21. The van der Waals surface area contributed by atoms with Gasteiger partial charge in [-0.1, -0.05) is 30.3 Å². The summed E-state index contributed by atoms with van der Waals surface area (Å²) in [5, 5.41) is 0. The highest BCUT2D eigenvalue weighted by atomic mass is 16.5. The molecule has 1 saturated heterocycles. The fraction of sp³-hybridized carbons (Fsp3) is 0.185. The van der Waals surface area contributed by atoms with E-state index in [2.05, 4.69) is 0 Å². The Morgan fingerprint density at radius 3 is 2.06 bits per heavy atom. The van der Waals surface area contributed by atoms with Gasteiger partial charge in [-0.05, 0) is 61.0 Å². The van der Waals surface area contributed by atoms with Gasteiger partial charge in [-0.15, -0.1) is 0 Å². The van der Waals surface area contributed by atoms with Crippen molar-refractivity contribution in [2.75, 3.05) is 18.6 Å². The lowest BCUT2D eigenvalue weighted by molar-refractivity contribution is -0.135. The van der Waals surface area contributed by atoms with E-state index in [9.17, 15) is 19.2 Å². The highest BCUT2D eigenvalue weighted by molar-refractivity contribution is 6.49. The average molecular weight is 457 g/mol. The van der Waals surface area contributed by atoms with Crippen LogP contribution in [-0.4, -0.2) is 37.2 Å². The van der Waals surface area contributed by atoms with Crippen LogP contribution in [0.5, 0.6) is 5.75 Å². The van der Waals surface area contributed by atoms with E-state index in [-0.39, 0.29) is 6.61 Å². The molecule has 1 aliphatic rings. The van der Waals surface area contributed by atoms with Gasteiger partial charge in [-0.25, -0.2) is 4.79 Å². The lowest BCUT2D eigenvalue weighted by Crippen LogP contribution is -2.30. The molecule has 2 unspecified atom stereocenters. The van der Waals surface area contributed by atoms with Gasteiger partial charge in [-0.3, -0.25) is 19.3 Å². The zero-order valence-electron chi connectivity index (χ0n) is 18.8. The average Bonchev–Trinajstić information content (AvgIpc) is 3.14. The monoisotopic (exact) mass is 457 g/mol. The number of hydrogen-bond acceptors (Lipinski definition) is 6. The molecule has 0 bridgehead atoms. The fourth-order valence-electron chi connectivity index (χ4n) is 4.11. The molecule has 7 heteroatoms. The molecule has 2 atom stereocenters. The minimum absolute atomic E-state index is 0.241. The maximum atomic E-state index is 13.5. The fourth-order valence-corrected chi connectivity index (χ4v) is 4.11. The smallest absolute Gasteiger partial charge is 0.338 e. The van der Waals surface area contributed by atoms with Crippen LogP contribution in [0.3, 0.4) is 0 Å². The van der Waals surface area contributed by atoms with Gasteiger partial charge in [0.15, 0.2) is 5.78 Å². The molecule has 0 saturated carbocycles. The number of benzene rings is 3. The summed E-state index contributed by atoms with van der Waals surface area (Å²) in [4.78, 5) is 53.2. The number of ether oxygens (including phenoxy) is 2. The minimum Gasteiger partial charge on any atom is -0.497 e. The third-order valence-corrected chi connectivity index (χ3v) is 5.76. The summed E-state index contributed by atoms with van der Waals surface area (Å²) in [6, 6.07) is 20.8. The van der Waals surface area contributed by atoms with Crippen molar-refractivity contribution in [1.29, 1.82) is 0 Å². The van der Waals surface area contributed by atoms with Crippen LogP contribution in [0.25, 0.3) is 0 Å². The van der Waals surface area contributed by atoms with Crippen molar-refractivity contribution in [3.05, 3.63) is 95.6 Å². The summed E-state index contributed by atoms with van der Waals surface area (Å²) >= 11 is 0. The van der Waals surface area contributed by atoms with E-state index in [0.717, 1.165) is 0 Å². The predicted octanol–water partition coefficient (Wildman–Crippen LogP) is 4.03. The normalized spacial score (nSPS) is 17.5. The van der Waals surface area contributed by atoms with Gasteiger partial charge >= 0.3 is 5.97 Å². The molecule has 1 amide bonds. The van der Waals surface area contributed by atoms with E-state index in [1.165, 1.54) is 24.1 Å². The van der Waals surface area contributed by atoms with Crippen LogP contribution >= 0.6 is 0 Å². The Labute approximate surface area is 196 Å². The maximum absolute atomic E-state index is 13.5. The van der Waals surface area contributed by atoms with Crippen LogP contribution in [-0.2, 0) is 14.3 Å². The summed E-state index contributed by atoms with van der Waals surface area (Å²) < 4.78 is 10.2. The lowest BCUT2D eigenvalue weighted by atomic mass is 9.86. The molecule has 34 heavy (non-hydrogen) atoms. The number of anilines is 1. The van der Waals surface area contributed by atoms with Crippen molar-refractivity contribution >= 4 is 29.1 Å². The molecule has 0 spiro atoms. The predicted molar refractivity (Wildman–Crippen MR) is 125 cm³/mol. The SMILES string of the molecule is CCOC(=O)c1ccc(N2C(=O)C(=O)C(C(=O)c3ccc(OC)cc3)C2c2ccccc2)cc1. The lowest BCUT2D eigenvalue weighted by Gasteiger charge is -2.27. The molecule has 4 rings (SSSR count). The van der Waals surface area contributed by atoms with Crippen LogP contribution in [0.1, 0.15) is 39.2 Å². The number of amides is 1. The van der Waals surface area contributed by atoms with E-state index >= 15 is 0 Å².